The maximum absolute atomic E-state index is 8.75. The van der Waals surface area contributed by atoms with E-state index in [1.165, 1.54) is 0 Å². The molecule has 0 amide bonds. The van der Waals surface area contributed by atoms with Crippen molar-refractivity contribution < 1.29 is 5.11 Å². The first-order valence-corrected chi connectivity index (χ1v) is 4.39. The largest absolute Gasteiger partial charge is 0.390 e. The van der Waals surface area contributed by atoms with E-state index >= 15 is 0 Å². The monoisotopic (exact) mass is 220 g/mol. The van der Waals surface area contributed by atoms with Crippen LogP contribution >= 0.6 is 12.4 Å². The average Bonchev–Trinajstić information content (AvgIpc) is 2.52. The molecule has 0 radical (unpaired) electrons. The highest BCUT2D eigenvalue weighted by molar-refractivity contribution is 5.85. The van der Waals surface area contributed by atoms with Crippen molar-refractivity contribution in [1.29, 1.82) is 0 Å². The molecular weight excluding hydrogens is 204 g/mol. The first-order valence-electron chi connectivity index (χ1n) is 4.39. The van der Waals surface area contributed by atoms with E-state index in [1.54, 1.807) is 10.9 Å². The number of nitrogens with two attached hydrogens (primary N) is 1. The van der Waals surface area contributed by atoms with Gasteiger partial charge in [0.05, 0.1) is 19.3 Å². The fourth-order valence-electron chi connectivity index (χ4n) is 0.927. The molecular formula is C8H17ClN4O. The molecule has 82 valence electrons. The number of hydrogen-bond acceptors (Lipinski definition) is 4. The molecule has 1 aromatic heterocycles. The van der Waals surface area contributed by atoms with E-state index in [2.05, 4.69) is 24.2 Å². The fraction of sp³-hybridized carbons (Fsp3) is 0.750. The molecule has 0 fully saturated rings. The van der Waals surface area contributed by atoms with E-state index < -0.39 is 0 Å². The second-order valence-corrected chi connectivity index (χ2v) is 3.50. The molecule has 0 bridgehead atoms. The van der Waals surface area contributed by atoms with Crippen LogP contribution in [0.3, 0.4) is 0 Å². The number of hydrogen-bond donors (Lipinski definition) is 2. The first kappa shape index (κ1) is 13.4. The summed E-state index contributed by atoms with van der Waals surface area (Å²) >= 11 is 0. The molecule has 0 aliphatic rings. The molecule has 0 saturated carbocycles. The molecule has 0 aliphatic carbocycles. The van der Waals surface area contributed by atoms with E-state index in [1.807, 2.05) is 0 Å². The van der Waals surface area contributed by atoms with Crippen molar-refractivity contribution in [2.45, 2.75) is 33.0 Å². The van der Waals surface area contributed by atoms with Gasteiger partial charge in [-0.3, -0.25) is 4.68 Å². The SMILES string of the molecule is CC(C)C(N)Cn1cc(CO)nn1.Cl. The standard InChI is InChI=1S/C8H16N4O.ClH/c1-6(2)8(9)4-12-3-7(5-13)10-11-12;/h3,6,8,13H,4-5,9H2,1-2H3;1H. The molecule has 1 heterocycles. The zero-order chi connectivity index (χ0) is 9.84. The van der Waals surface area contributed by atoms with E-state index in [0.717, 1.165) is 0 Å². The van der Waals surface area contributed by atoms with Crippen molar-refractivity contribution in [3.63, 3.8) is 0 Å². The van der Waals surface area contributed by atoms with Gasteiger partial charge in [-0.1, -0.05) is 19.1 Å². The Morgan fingerprint density at radius 3 is 2.64 bits per heavy atom. The lowest BCUT2D eigenvalue weighted by atomic mass is 10.1. The normalized spacial score (nSPS) is 12.6. The van der Waals surface area contributed by atoms with Gasteiger partial charge in [0.2, 0.25) is 0 Å². The molecule has 1 atom stereocenters. The Labute approximate surface area is 89.7 Å². The predicted octanol–water partition coefficient (Wildman–Crippen LogP) is 0.175. The summed E-state index contributed by atoms with van der Waals surface area (Å²) < 4.78 is 1.66. The topological polar surface area (TPSA) is 77.0 Å². The highest BCUT2D eigenvalue weighted by atomic mass is 35.5. The third-order valence-electron chi connectivity index (χ3n) is 2.00. The van der Waals surface area contributed by atoms with Crippen molar-refractivity contribution >= 4 is 12.4 Å². The average molecular weight is 221 g/mol. The first-order chi connectivity index (χ1) is 6.13. The third kappa shape index (κ3) is 3.61. The lowest BCUT2D eigenvalue weighted by molar-refractivity contribution is 0.276. The number of nitrogens with zero attached hydrogens (tertiary/aromatic N) is 3. The molecule has 0 aliphatic heterocycles. The van der Waals surface area contributed by atoms with Crippen LogP contribution in [0.4, 0.5) is 0 Å². The van der Waals surface area contributed by atoms with Gasteiger partial charge >= 0.3 is 0 Å². The zero-order valence-corrected chi connectivity index (χ0v) is 9.24. The van der Waals surface area contributed by atoms with Crippen LogP contribution in [0.1, 0.15) is 19.5 Å². The van der Waals surface area contributed by atoms with Crippen LogP contribution < -0.4 is 5.73 Å². The van der Waals surface area contributed by atoms with Gasteiger partial charge in [0.15, 0.2) is 0 Å². The lowest BCUT2D eigenvalue weighted by Gasteiger charge is -2.14. The molecule has 0 aromatic carbocycles. The Balaban J connectivity index is 0.00000169. The highest BCUT2D eigenvalue weighted by Gasteiger charge is 2.09. The number of rotatable bonds is 4. The second-order valence-electron chi connectivity index (χ2n) is 3.50. The van der Waals surface area contributed by atoms with Crippen molar-refractivity contribution in [3.8, 4) is 0 Å². The molecule has 0 spiro atoms. The highest BCUT2D eigenvalue weighted by Crippen LogP contribution is 2.01. The van der Waals surface area contributed by atoms with Crippen LogP contribution in [0.5, 0.6) is 0 Å². The van der Waals surface area contributed by atoms with Crippen molar-refractivity contribution in [2.75, 3.05) is 0 Å². The van der Waals surface area contributed by atoms with Gasteiger partial charge in [0.25, 0.3) is 0 Å². The molecule has 0 saturated heterocycles. The summed E-state index contributed by atoms with van der Waals surface area (Å²) in [6.45, 7) is 4.70. The Morgan fingerprint density at radius 2 is 2.21 bits per heavy atom. The smallest absolute Gasteiger partial charge is 0.108 e. The molecule has 14 heavy (non-hydrogen) atoms. The number of aromatic nitrogens is 3. The Bertz CT molecular complexity index is 264. The van der Waals surface area contributed by atoms with Crippen molar-refractivity contribution in [2.24, 2.45) is 11.7 Å². The van der Waals surface area contributed by atoms with Gasteiger partial charge in [0, 0.05) is 6.04 Å². The molecule has 1 aromatic rings. The molecule has 1 unspecified atom stereocenters. The lowest BCUT2D eigenvalue weighted by Crippen LogP contribution is -2.31. The Kier molecular flexibility index (Phi) is 5.68. The predicted molar refractivity (Wildman–Crippen MR) is 56.0 cm³/mol. The minimum Gasteiger partial charge on any atom is -0.390 e. The zero-order valence-electron chi connectivity index (χ0n) is 8.42. The van der Waals surface area contributed by atoms with E-state index in [-0.39, 0.29) is 25.1 Å². The van der Waals surface area contributed by atoms with Crippen LogP contribution in [-0.4, -0.2) is 26.1 Å². The van der Waals surface area contributed by atoms with Crippen LogP contribution in [0, 0.1) is 5.92 Å². The Morgan fingerprint density at radius 1 is 1.57 bits per heavy atom. The van der Waals surface area contributed by atoms with Gasteiger partial charge < -0.3 is 10.8 Å². The van der Waals surface area contributed by atoms with Gasteiger partial charge in [-0.2, -0.15) is 0 Å². The number of aliphatic hydroxyl groups is 1. The maximum atomic E-state index is 8.75. The van der Waals surface area contributed by atoms with Crippen LogP contribution in [0.15, 0.2) is 6.20 Å². The number of aliphatic hydroxyl groups excluding tert-OH is 1. The van der Waals surface area contributed by atoms with E-state index in [9.17, 15) is 0 Å². The van der Waals surface area contributed by atoms with Gasteiger partial charge in [-0.25, -0.2) is 0 Å². The molecule has 6 heteroatoms. The third-order valence-corrected chi connectivity index (χ3v) is 2.00. The summed E-state index contributed by atoms with van der Waals surface area (Å²) in [5.74, 6) is 0.418. The fourth-order valence-corrected chi connectivity index (χ4v) is 0.927. The van der Waals surface area contributed by atoms with Crippen LogP contribution in [0.2, 0.25) is 0 Å². The van der Waals surface area contributed by atoms with Gasteiger partial charge in [-0.15, -0.1) is 17.5 Å². The van der Waals surface area contributed by atoms with Crippen LogP contribution in [0.25, 0.3) is 0 Å². The van der Waals surface area contributed by atoms with E-state index in [4.69, 9.17) is 10.8 Å². The van der Waals surface area contributed by atoms with Gasteiger partial charge in [0.1, 0.15) is 5.69 Å². The number of halogens is 1. The van der Waals surface area contributed by atoms with E-state index in [0.29, 0.717) is 18.2 Å². The molecule has 5 nitrogen and oxygen atoms in total. The summed E-state index contributed by atoms with van der Waals surface area (Å²) in [5, 5.41) is 16.3. The second kappa shape index (κ2) is 5.95. The van der Waals surface area contributed by atoms with Gasteiger partial charge in [-0.05, 0) is 5.92 Å². The maximum Gasteiger partial charge on any atom is 0.108 e. The summed E-state index contributed by atoms with van der Waals surface area (Å²) in [6, 6.07) is 0.0771. The Hall–Kier alpha value is -0.650. The van der Waals surface area contributed by atoms with Crippen molar-refractivity contribution in [1.82, 2.24) is 15.0 Å². The quantitative estimate of drug-likeness (QED) is 0.759. The molecule has 3 N–H and O–H groups in total. The summed E-state index contributed by atoms with van der Waals surface area (Å²) in [6.07, 6.45) is 1.71. The summed E-state index contributed by atoms with van der Waals surface area (Å²) in [7, 11) is 0. The molecule has 1 rings (SSSR count). The summed E-state index contributed by atoms with van der Waals surface area (Å²) in [4.78, 5) is 0. The minimum absolute atomic E-state index is 0. The van der Waals surface area contributed by atoms with Crippen molar-refractivity contribution in [3.05, 3.63) is 11.9 Å². The minimum atomic E-state index is -0.0725. The van der Waals surface area contributed by atoms with Crippen LogP contribution in [-0.2, 0) is 13.2 Å². The summed E-state index contributed by atoms with van der Waals surface area (Å²) in [5.41, 5.74) is 6.43.